The van der Waals surface area contributed by atoms with Gasteiger partial charge in [0.05, 0.1) is 11.3 Å². The standard InChI is InChI=1S/C22H18F3N5O/c23-14-10-11-16(24)15(12-14)21-26-22(31-28-21)20-19(7-3-4-13-8-9-13)30(29-27-20)18-6-2-1-5-17(18)25/h1-2,5-6,10-13H,3-4,7-9H2. The van der Waals surface area contributed by atoms with Gasteiger partial charge in [0.1, 0.15) is 23.1 Å². The first-order chi connectivity index (χ1) is 15.1. The van der Waals surface area contributed by atoms with E-state index in [1.807, 2.05) is 0 Å². The Hall–Kier alpha value is -3.49. The van der Waals surface area contributed by atoms with Crippen molar-refractivity contribution in [1.29, 1.82) is 0 Å². The molecular formula is C22H18F3N5O. The fraction of sp³-hybridized carbons (Fsp3) is 0.273. The lowest BCUT2D eigenvalue weighted by Crippen LogP contribution is -2.05. The second kappa shape index (κ2) is 7.98. The number of benzene rings is 2. The molecule has 0 radical (unpaired) electrons. The molecule has 2 heterocycles. The van der Waals surface area contributed by atoms with Gasteiger partial charge in [0.2, 0.25) is 5.82 Å². The summed E-state index contributed by atoms with van der Waals surface area (Å²) in [5.74, 6) is -1.07. The summed E-state index contributed by atoms with van der Waals surface area (Å²) >= 11 is 0. The van der Waals surface area contributed by atoms with Crippen LogP contribution in [-0.2, 0) is 6.42 Å². The molecule has 4 aromatic rings. The maximum atomic E-state index is 14.4. The molecule has 0 saturated heterocycles. The van der Waals surface area contributed by atoms with E-state index < -0.39 is 17.5 Å². The first-order valence-corrected chi connectivity index (χ1v) is 10.1. The average Bonchev–Trinajstić information content (AvgIpc) is 3.29. The minimum Gasteiger partial charge on any atom is -0.332 e. The molecule has 1 saturated carbocycles. The highest BCUT2D eigenvalue weighted by Gasteiger charge is 2.25. The van der Waals surface area contributed by atoms with Gasteiger partial charge in [0, 0.05) is 0 Å². The van der Waals surface area contributed by atoms with Crippen LogP contribution in [0.1, 0.15) is 31.4 Å². The Morgan fingerprint density at radius 2 is 1.87 bits per heavy atom. The molecule has 0 unspecified atom stereocenters. The average molecular weight is 425 g/mol. The predicted octanol–water partition coefficient (Wildman–Crippen LogP) is 5.13. The molecule has 1 fully saturated rings. The fourth-order valence-corrected chi connectivity index (χ4v) is 3.57. The van der Waals surface area contributed by atoms with Crippen LogP contribution in [-0.4, -0.2) is 25.1 Å². The van der Waals surface area contributed by atoms with E-state index in [0.717, 1.165) is 37.0 Å². The van der Waals surface area contributed by atoms with E-state index in [0.29, 0.717) is 17.8 Å². The van der Waals surface area contributed by atoms with Crippen LogP contribution in [0, 0.1) is 23.4 Å². The first-order valence-electron chi connectivity index (χ1n) is 10.1. The summed E-state index contributed by atoms with van der Waals surface area (Å²) < 4.78 is 48.8. The number of aromatic nitrogens is 5. The number of para-hydroxylation sites is 1. The van der Waals surface area contributed by atoms with Gasteiger partial charge in [-0.15, -0.1) is 5.10 Å². The van der Waals surface area contributed by atoms with Crippen LogP contribution in [0.25, 0.3) is 28.7 Å². The zero-order valence-corrected chi connectivity index (χ0v) is 16.4. The number of hydrogen-bond donors (Lipinski definition) is 0. The number of hydrogen-bond acceptors (Lipinski definition) is 5. The molecule has 0 atom stereocenters. The van der Waals surface area contributed by atoms with E-state index in [-0.39, 0.29) is 23.0 Å². The minimum atomic E-state index is -0.673. The normalized spacial score (nSPS) is 13.6. The van der Waals surface area contributed by atoms with Crippen molar-refractivity contribution in [2.24, 2.45) is 5.92 Å². The molecule has 31 heavy (non-hydrogen) atoms. The molecule has 1 aliphatic rings. The smallest absolute Gasteiger partial charge is 0.280 e. The lowest BCUT2D eigenvalue weighted by atomic mass is 10.1. The van der Waals surface area contributed by atoms with E-state index in [1.54, 1.807) is 18.2 Å². The van der Waals surface area contributed by atoms with E-state index >= 15 is 0 Å². The Kier molecular flexibility index (Phi) is 5.01. The fourth-order valence-electron chi connectivity index (χ4n) is 3.57. The molecule has 6 nitrogen and oxygen atoms in total. The van der Waals surface area contributed by atoms with Gasteiger partial charge in [-0.25, -0.2) is 17.9 Å². The lowest BCUT2D eigenvalue weighted by molar-refractivity contribution is 0.430. The van der Waals surface area contributed by atoms with Gasteiger partial charge in [-0.2, -0.15) is 4.98 Å². The quantitative estimate of drug-likeness (QED) is 0.410. The van der Waals surface area contributed by atoms with E-state index in [9.17, 15) is 13.2 Å². The van der Waals surface area contributed by atoms with Crippen LogP contribution >= 0.6 is 0 Å². The van der Waals surface area contributed by atoms with E-state index in [4.69, 9.17) is 4.52 Å². The molecule has 2 aromatic heterocycles. The molecule has 9 heteroatoms. The third-order valence-corrected chi connectivity index (χ3v) is 5.36. The second-order valence-corrected chi connectivity index (χ2v) is 7.63. The van der Waals surface area contributed by atoms with Crippen LogP contribution in [0.15, 0.2) is 47.0 Å². The molecule has 1 aliphatic carbocycles. The summed E-state index contributed by atoms with van der Waals surface area (Å²) in [6.07, 6.45) is 5.00. The van der Waals surface area contributed by atoms with E-state index in [2.05, 4.69) is 20.5 Å². The monoisotopic (exact) mass is 425 g/mol. The highest BCUT2D eigenvalue weighted by Crippen LogP contribution is 2.35. The first kappa shape index (κ1) is 19.5. The van der Waals surface area contributed by atoms with Crippen molar-refractivity contribution in [2.45, 2.75) is 32.1 Å². The van der Waals surface area contributed by atoms with Crippen molar-refractivity contribution in [2.75, 3.05) is 0 Å². The highest BCUT2D eigenvalue weighted by atomic mass is 19.1. The van der Waals surface area contributed by atoms with Crippen LogP contribution in [0.5, 0.6) is 0 Å². The summed E-state index contributed by atoms with van der Waals surface area (Å²) in [6.45, 7) is 0. The summed E-state index contributed by atoms with van der Waals surface area (Å²) in [7, 11) is 0. The summed E-state index contributed by atoms with van der Waals surface area (Å²) in [5.41, 5.74) is 1.07. The Morgan fingerprint density at radius 3 is 2.68 bits per heavy atom. The number of nitrogens with zero attached hydrogens (tertiary/aromatic N) is 5. The van der Waals surface area contributed by atoms with Crippen LogP contribution in [0.2, 0.25) is 0 Å². The molecule has 158 valence electrons. The van der Waals surface area contributed by atoms with Crippen molar-refractivity contribution < 1.29 is 17.7 Å². The molecule has 2 aromatic carbocycles. The van der Waals surface area contributed by atoms with Crippen LogP contribution in [0.4, 0.5) is 13.2 Å². The maximum Gasteiger partial charge on any atom is 0.280 e. The summed E-state index contributed by atoms with van der Waals surface area (Å²) in [4.78, 5) is 4.20. The Balaban J connectivity index is 1.53. The zero-order chi connectivity index (χ0) is 21.4. The zero-order valence-electron chi connectivity index (χ0n) is 16.4. The van der Waals surface area contributed by atoms with Gasteiger partial charge in [-0.05, 0) is 49.1 Å². The molecule has 0 aliphatic heterocycles. The van der Waals surface area contributed by atoms with Gasteiger partial charge >= 0.3 is 0 Å². The maximum absolute atomic E-state index is 14.4. The van der Waals surface area contributed by atoms with Crippen molar-refractivity contribution in [3.8, 4) is 28.7 Å². The minimum absolute atomic E-state index is 0.0164. The summed E-state index contributed by atoms with van der Waals surface area (Å²) in [5, 5.41) is 12.0. The molecule has 0 bridgehead atoms. The second-order valence-electron chi connectivity index (χ2n) is 7.63. The van der Waals surface area contributed by atoms with Crippen LogP contribution in [0.3, 0.4) is 0 Å². The van der Waals surface area contributed by atoms with Gasteiger partial charge < -0.3 is 4.52 Å². The van der Waals surface area contributed by atoms with E-state index in [1.165, 1.54) is 23.6 Å². The van der Waals surface area contributed by atoms with Gasteiger partial charge in [0.25, 0.3) is 5.89 Å². The molecular weight excluding hydrogens is 407 g/mol. The number of rotatable bonds is 7. The topological polar surface area (TPSA) is 69.6 Å². The van der Waals surface area contributed by atoms with Crippen molar-refractivity contribution >= 4 is 0 Å². The number of halogens is 3. The Labute approximate surface area is 175 Å². The van der Waals surface area contributed by atoms with Gasteiger partial charge in [0.15, 0.2) is 5.69 Å². The third-order valence-electron chi connectivity index (χ3n) is 5.36. The van der Waals surface area contributed by atoms with Crippen molar-refractivity contribution in [3.05, 3.63) is 65.6 Å². The molecule has 0 N–H and O–H groups in total. The lowest BCUT2D eigenvalue weighted by Gasteiger charge is -2.08. The third kappa shape index (κ3) is 3.95. The molecule has 0 spiro atoms. The molecule has 0 amide bonds. The summed E-state index contributed by atoms with van der Waals surface area (Å²) in [6, 6.07) is 9.28. The van der Waals surface area contributed by atoms with Crippen molar-refractivity contribution in [3.63, 3.8) is 0 Å². The Bertz CT molecular complexity index is 1230. The van der Waals surface area contributed by atoms with Crippen LogP contribution < -0.4 is 0 Å². The largest absolute Gasteiger partial charge is 0.332 e. The Morgan fingerprint density at radius 1 is 1.03 bits per heavy atom. The SMILES string of the molecule is Fc1ccc(F)c(-c2noc(-c3nnn(-c4ccccc4F)c3CCCC3CC3)n2)c1. The van der Waals surface area contributed by atoms with Crippen molar-refractivity contribution in [1.82, 2.24) is 25.1 Å². The predicted molar refractivity (Wildman–Crippen MR) is 106 cm³/mol. The molecule has 5 rings (SSSR count). The van der Waals surface area contributed by atoms with Gasteiger partial charge in [-0.1, -0.05) is 41.8 Å². The van der Waals surface area contributed by atoms with Gasteiger partial charge in [-0.3, -0.25) is 0 Å². The highest BCUT2D eigenvalue weighted by molar-refractivity contribution is 5.60.